The summed E-state index contributed by atoms with van der Waals surface area (Å²) in [6, 6.07) is 0. The van der Waals surface area contributed by atoms with Gasteiger partial charge >= 0.3 is 0 Å². The van der Waals surface area contributed by atoms with Gasteiger partial charge in [-0.25, -0.2) is 4.98 Å². The summed E-state index contributed by atoms with van der Waals surface area (Å²) in [7, 11) is 3.14. The van der Waals surface area contributed by atoms with Crippen LogP contribution in [0.3, 0.4) is 0 Å². The maximum absolute atomic E-state index is 5.10. The van der Waals surface area contributed by atoms with Crippen LogP contribution in [0.4, 0.5) is 0 Å². The molecule has 0 bridgehead atoms. The number of nitrogens with zero attached hydrogens (tertiary/aromatic N) is 1. The lowest BCUT2D eigenvalue weighted by Gasteiger charge is -2.07. The van der Waals surface area contributed by atoms with Crippen molar-refractivity contribution < 1.29 is 9.47 Å². The molecule has 3 nitrogen and oxygen atoms in total. The fourth-order valence-corrected chi connectivity index (χ4v) is 2.13. The molecule has 1 aromatic rings. The summed E-state index contributed by atoms with van der Waals surface area (Å²) in [5, 5.41) is 0. The minimum absolute atomic E-state index is 0.509. The zero-order valence-electron chi connectivity index (χ0n) is 6.60. The molecular weight excluding hydrogens is 290 g/mol. The van der Waals surface area contributed by atoms with Crippen LogP contribution < -0.4 is 9.47 Å². The average Bonchev–Trinajstić information content (AvgIpc) is 2.06. The smallest absolute Gasteiger partial charge is 0.231 e. The van der Waals surface area contributed by atoms with Gasteiger partial charge in [-0.1, -0.05) is 0 Å². The Bertz CT molecular complexity index is 291. The minimum atomic E-state index is 0.509. The van der Waals surface area contributed by atoms with Crippen LogP contribution in [0.5, 0.6) is 11.6 Å². The van der Waals surface area contributed by atoms with E-state index >= 15 is 0 Å². The molecule has 0 aromatic carbocycles. The Hall–Kier alpha value is -0.290. The van der Waals surface area contributed by atoms with Gasteiger partial charge < -0.3 is 9.47 Å². The van der Waals surface area contributed by atoms with Crippen molar-refractivity contribution >= 4 is 31.9 Å². The highest BCUT2D eigenvalue weighted by molar-refractivity contribution is 9.11. The first kappa shape index (κ1) is 9.80. The third-order valence-corrected chi connectivity index (χ3v) is 2.56. The van der Waals surface area contributed by atoms with Crippen molar-refractivity contribution in [3.05, 3.63) is 15.1 Å². The summed E-state index contributed by atoms with van der Waals surface area (Å²) in [4.78, 5) is 4.01. The number of aromatic nitrogens is 1. The number of rotatable bonds is 2. The molecule has 0 unspecified atom stereocenters. The molecule has 0 aliphatic heterocycles. The quantitative estimate of drug-likeness (QED) is 0.841. The fourth-order valence-electron chi connectivity index (χ4n) is 0.762. The second-order valence-electron chi connectivity index (χ2n) is 1.96. The molecule has 12 heavy (non-hydrogen) atoms. The zero-order valence-corrected chi connectivity index (χ0v) is 9.77. The third-order valence-electron chi connectivity index (χ3n) is 1.30. The molecule has 0 radical (unpaired) electrons. The molecule has 0 spiro atoms. The van der Waals surface area contributed by atoms with E-state index in [4.69, 9.17) is 9.47 Å². The molecular formula is C7H7Br2NO2. The normalized spacial score (nSPS) is 9.67. The van der Waals surface area contributed by atoms with Crippen molar-refractivity contribution in [3.8, 4) is 11.6 Å². The van der Waals surface area contributed by atoms with Gasteiger partial charge in [-0.05, 0) is 31.9 Å². The topological polar surface area (TPSA) is 31.4 Å². The van der Waals surface area contributed by atoms with E-state index in [1.807, 2.05) is 0 Å². The number of hydrogen-bond acceptors (Lipinski definition) is 3. The average molecular weight is 297 g/mol. The van der Waals surface area contributed by atoms with E-state index in [2.05, 4.69) is 36.8 Å². The number of halogens is 2. The Kier molecular flexibility index (Phi) is 3.34. The molecule has 0 fully saturated rings. The van der Waals surface area contributed by atoms with E-state index in [1.165, 1.54) is 0 Å². The van der Waals surface area contributed by atoms with Crippen LogP contribution in [0, 0.1) is 0 Å². The van der Waals surface area contributed by atoms with Crippen LogP contribution >= 0.6 is 31.9 Å². The second-order valence-corrected chi connectivity index (χ2v) is 3.61. The van der Waals surface area contributed by atoms with Gasteiger partial charge in [-0.15, -0.1) is 0 Å². The van der Waals surface area contributed by atoms with Crippen LogP contribution in [0.1, 0.15) is 0 Å². The first-order valence-corrected chi connectivity index (χ1v) is 4.71. The minimum Gasteiger partial charge on any atom is -0.494 e. The molecule has 66 valence electrons. The molecule has 5 heteroatoms. The van der Waals surface area contributed by atoms with Gasteiger partial charge in [0.1, 0.15) is 4.47 Å². The Balaban J connectivity index is 3.24. The standard InChI is InChI=1S/C7H7Br2NO2/c1-11-6-4(8)3-10-7(12-2)5(6)9/h3H,1-2H3. The summed E-state index contributed by atoms with van der Waals surface area (Å²) >= 11 is 6.61. The molecule has 1 rings (SSSR count). The van der Waals surface area contributed by atoms with Gasteiger partial charge in [-0.2, -0.15) is 0 Å². The Morgan fingerprint density at radius 3 is 2.42 bits per heavy atom. The number of methoxy groups -OCH3 is 2. The van der Waals surface area contributed by atoms with Gasteiger partial charge in [-0.3, -0.25) is 0 Å². The first-order valence-electron chi connectivity index (χ1n) is 3.12. The van der Waals surface area contributed by atoms with E-state index in [-0.39, 0.29) is 0 Å². The maximum Gasteiger partial charge on any atom is 0.231 e. The molecule has 0 saturated heterocycles. The van der Waals surface area contributed by atoms with Crippen LogP contribution in [-0.2, 0) is 0 Å². The Morgan fingerprint density at radius 1 is 1.25 bits per heavy atom. The van der Waals surface area contributed by atoms with Crippen molar-refractivity contribution in [3.63, 3.8) is 0 Å². The lowest BCUT2D eigenvalue weighted by molar-refractivity contribution is 0.376. The van der Waals surface area contributed by atoms with E-state index < -0.39 is 0 Å². The predicted octanol–water partition coefficient (Wildman–Crippen LogP) is 2.62. The van der Waals surface area contributed by atoms with E-state index in [0.29, 0.717) is 16.1 Å². The summed E-state index contributed by atoms with van der Waals surface area (Å²) in [6.07, 6.45) is 1.63. The highest BCUT2D eigenvalue weighted by atomic mass is 79.9. The van der Waals surface area contributed by atoms with E-state index in [0.717, 1.165) is 4.47 Å². The lowest BCUT2D eigenvalue weighted by Crippen LogP contribution is -1.93. The Labute approximate surface area is 87.3 Å². The number of ether oxygens (including phenoxy) is 2. The second kappa shape index (κ2) is 4.09. The van der Waals surface area contributed by atoms with Crippen molar-refractivity contribution in [1.82, 2.24) is 4.98 Å². The van der Waals surface area contributed by atoms with Crippen LogP contribution in [0.25, 0.3) is 0 Å². The van der Waals surface area contributed by atoms with Crippen LogP contribution in [0.15, 0.2) is 15.1 Å². The predicted molar refractivity (Wildman–Crippen MR) is 52.7 cm³/mol. The van der Waals surface area contributed by atoms with E-state index in [9.17, 15) is 0 Å². The number of pyridine rings is 1. The van der Waals surface area contributed by atoms with Gasteiger partial charge in [0.2, 0.25) is 5.88 Å². The molecule has 0 aliphatic carbocycles. The molecule has 0 atom stereocenters. The lowest BCUT2D eigenvalue weighted by atomic mass is 10.4. The highest BCUT2D eigenvalue weighted by Gasteiger charge is 2.11. The van der Waals surface area contributed by atoms with Crippen molar-refractivity contribution in [2.45, 2.75) is 0 Å². The molecule has 1 aromatic heterocycles. The van der Waals surface area contributed by atoms with Gasteiger partial charge in [0.05, 0.1) is 18.7 Å². The van der Waals surface area contributed by atoms with Gasteiger partial charge in [0, 0.05) is 6.20 Å². The zero-order chi connectivity index (χ0) is 9.14. The molecule has 0 N–H and O–H groups in total. The summed E-state index contributed by atoms with van der Waals surface area (Å²) in [5.41, 5.74) is 0. The monoisotopic (exact) mass is 295 g/mol. The molecule has 0 saturated carbocycles. The summed E-state index contributed by atoms with van der Waals surface area (Å²) in [5.74, 6) is 1.19. The van der Waals surface area contributed by atoms with Crippen LogP contribution in [0.2, 0.25) is 0 Å². The molecule has 1 heterocycles. The van der Waals surface area contributed by atoms with Crippen LogP contribution in [-0.4, -0.2) is 19.2 Å². The fraction of sp³-hybridized carbons (Fsp3) is 0.286. The van der Waals surface area contributed by atoms with Crippen molar-refractivity contribution in [1.29, 1.82) is 0 Å². The largest absolute Gasteiger partial charge is 0.494 e. The van der Waals surface area contributed by atoms with Crippen molar-refractivity contribution in [2.75, 3.05) is 14.2 Å². The third kappa shape index (κ3) is 1.72. The summed E-state index contributed by atoms with van der Waals surface area (Å²) in [6.45, 7) is 0. The molecule has 0 aliphatic rings. The number of hydrogen-bond donors (Lipinski definition) is 0. The SMILES string of the molecule is COc1ncc(Br)c(OC)c1Br. The highest BCUT2D eigenvalue weighted by Crippen LogP contribution is 2.37. The van der Waals surface area contributed by atoms with Crippen molar-refractivity contribution in [2.24, 2.45) is 0 Å². The first-order chi connectivity index (χ1) is 5.70. The van der Waals surface area contributed by atoms with Gasteiger partial charge in [0.25, 0.3) is 0 Å². The Morgan fingerprint density at radius 2 is 1.92 bits per heavy atom. The van der Waals surface area contributed by atoms with E-state index in [1.54, 1.807) is 20.4 Å². The maximum atomic E-state index is 5.10. The van der Waals surface area contributed by atoms with Gasteiger partial charge in [0.15, 0.2) is 5.75 Å². The molecule has 0 amide bonds. The summed E-state index contributed by atoms with van der Waals surface area (Å²) < 4.78 is 11.6.